The topological polar surface area (TPSA) is 90.9 Å². The van der Waals surface area contributed by atoms with Crippen molar-refractivity contribution in [3.8, 4) is 0 Å². The molecule has 1 aromatic heterocycles. The first-order chi connectivity index (χ1) is 9.87. The first kappa shape index (κ1) is 15.4. The van der Waals surface area contributed by atoms with E-state index in [2.05, 4.69) is 20.0 Å². The molecule has 0 saturated carbocycles. The number of aromatic nitrogens is 2. The van der Waals surface area contributed by atoms with Crippen molar-refractivity contribution in [2.24, 2.45) is 10.9 Å². The molecule has 1 aromatic rings. The highest BCUT2D eigenvalue weighted by atomic mass is 19.1. The van der Waals surface area contributed by atoms with Crippen LogP contribution in [-0.2, 0) is 0 Å². The molecule has 0 spiro atoms. The standard InChI is InChI=1S/C13H21FN6O/c1-9-10(14)11(17-8-16-9)19-4-6-20(7-5-19)13(2,3)12(15)18-21/h8,21H,4-7H2,1-3H3,(H2,15,18). The number of nitrogens with zero attached hydrogens (tertiary/aromatic N) is 5. The second-order valence-electron chi connectivity index (χ2n) is 5.62. The number of aryl methyl sites for hydroxylation is 1. The minimum absolute atomic E-state index is 0.167. The fourth-order valence-electron chi connectivity index (χ4n) is 2.43. The van der Waals surface area contributed by atoms with Crippen molar-refractivity contribution >= 4 is 11.7 Å². The molecule has 21 heavy (non-hydrogen) atoms. The Morgan fingerprint density at radius 3 is 2.52 bits per heavy atom. The van der Waals surface area contributed by atoms with Crippen molar-refractivity contribution in [3.63, 3.8) is 0 Å². The van der Waals surface area contributed by atoms with E-state index in [0.29, 0.717) is 37.7 Å². The quantitative estimate of drug-likeness (QED) is 0.367. The number of halogens is 1. The lowest BCUT2D eigenvalue weighted by molar-refractivity contribution is 0.160. The molecule has 7 nitrogen and oxygen atoms in total. The molecule has 1 aliphatic rings. The van der Waals surface area contributed by atoms with Crippen molar-refractivity contribution in [2.45, 2.75) is 26.3 Å². The zero-order valence-corrected chi connectivity index (χ0v) is 12.5. The number of oxime groups is 1. The monoisotopic (exact) mass is 296 g/mol. The Balaban J connectivity index is 2.09. The minimum Gasteiger partial charge on any atom is -0.409 e. The lowest BCUT2D eigenvalue weighted by Crippen LogP contribution is -2.60. The largest absolute Gasteiger partial charge is 0.409 e. The number of piperazine rings is 1. The molecule has 1 aliphatic heterocycles. The van der Waals surface area contributed by atoms with Crippen molar-refractivity contribution in [3.05, 3.63) is 17.8 Å². The lowest BCUT2D eigenvalue weighted by atomic mass is 10.0. The van der Waals surface area contributed by atoms with E-state index in [-0.39, 0.29) is 11.7 Å². The molecule has 1 fully saturated rings. The molecule has 2 rings (SSSR count). The van der Waals surface area contributed by atoms with Gasteiger partial charge in [0.05, 0.1) is 11.2 Å². The van der Waals surface area contributed by atoms with E-state index in [4.69, 9.17) is 10.9 Å². The van der Waals surface area contributed by atoms with Crippen LogP contribution in [0.2, 0.25) is 0 Å². The van der Waals surface area contributed by atoms with E-state index >= 15 is 0 Å². The van der Waals surface area contributed by atoms with Gasteiger partial charge in [0.1, 0.15) is 6.33 Å². The van der Waals surface area contributed by atoms with Crippen molar-refractivity contribution in [1.82, 2.24) is 14.9 Å². The summed E-state index contributed by atoms with van der Waals surface area (Å²) < 4.78 is 14.0. The fraction of sp³-hybridized carbons (Fsp3) is 0.615. The summed E-state index contributed by atoms with van der Waals surface area (Å²) in [7, 11) is 0. The zero-order valence-electron chi connectivity index (χ0n) is 12.5. The molecule has 0 aliphatic carbocycles. The van der Waals surface area contributed by atoms with Crippen LogP contribution >= 0.6 is 0 Å². The average molecular weight is 296 g/mol. The van der Waals surface area contributed by atoms with Crippen LogP contribution in [0.25, 0.3) is 0 Å². The van der Waals surface area contributed by atoms with E-state index in [1.165, 1.54) is 6.33 Å². The summed E-state index contributed by atoms with van der Waals surface area (Å²) in [5, 5.41) is 12.0. The van der Waals surface area contributed by atoms with E-state index < -0.39 is 5.54 Å². The Morgan fingerprint density at radius 2 is 1.95 bits per heavy atom. The van der Waals surface area contributed by atoms with Crippen LogP contribution in [0.3, 0.4) is 0 Å². The van der Waals surface area contributed by atoms with Crippen LogP contribution in [0.5, 0.6) is 0 Å². The van der Waals surface area contributed by atoms with Gasteiger partial charge in [0.15, 0.2) is 17.5 Å². The molecular formula is C13H21FN6O. The Morgan fingerprint density at radius 1 is 1.33 bits per heavy atom. The van der Waals surface area contributed by atoms with Gasteiger partial charge >= 0.3 is 0 Å². The number of anilines is 1. The molecule has 0 bridgehead atoms. The van der Waals surface area contributed by atoms with Gasteiger partial charge in [-0.25, -0.2) is 14.4 Å². The molecule has 0 radical (unpaired) electrons. The fourth-order valence-corrected chi connectivity index (χ4v) is 2.43. The first-order valence-corrected chi connectivity index (χ1v) is 6.83. The molecule has 116 valence electrons. The maximum Gasteiger partial charge on any atom is 0.186 e. The number of nitrogens with two attached hydrogens (primary N) is 1. The van der Waals surface area contributed by atoms with E-state index in [9.17, 15) is 4.39 Å². The Bertz CT molecular complexity index is 539. The van der Waals surface area contributed by atoms with Gasteiger partial charge < -0.3 is 15.8 Å². The smallest absolute Gasteiger partial charge is 0.186 e. The molecule has 0 amide bonds. The molecule has 1 saturated heterocycles. The summed E-state index contributed by atoms with van der Waals surface area (Å²) in [6.45, 7) is 8.00. The predicted octanol–water partition coefficient (Wildman–Crippen LogP) is 0.571. The summed E-state index contributed by atoms with van der Waals surface area (Å²) in [6.07, 6.45) is 1.38. The number of hydrogen-bond acceptors (Lipinski definition) is 6. The maximum absolute atomic E-state index is 14.0. The number of amidine groups is 1. The Kier molecular flexibility index (Phi) is 4.26. The first-order valence-electron chi connectivity index (χ1n) is 6.83. The Hall–Kier alpha value is -1.96. The molecule has 0 aromatic carbocycles. The van der Waals surface area contributed by atoms with Crippen molar-refractivity contribution < 1.29 is 9.60 Å². The average Bonchev–Trinajstić information content (AvgIpc) is 2.49. The maximum atomic E-state index is 14.0. The van der Waals surface area contributed by atoms with E-state index in [0.717, 1.165) is 0 Å². The van der Waals surface area contributed by atoms with Gasteiger partial charge in [0.2, 0.25) is 0 Å². The molecule has 0 unspecified atom stereocenters. The summed E-state index contributed by atoms with van der Waals surface area (Å²) >= 11 is 0. The zero-order chi connectivity index (χ0) is 15.6. The summed E-state index contributed by atoms with van der Waals surface area (Å²) in [6, 6.07) is 0. The number of rotatable bonds is 3. The molecule has 3 N–H and O–H groups in total. The van der Waals surface area contributed by atoms with Gasteiger partial charge in [-0.15, -0.1) is 0 Å². The highest BCUT2D eigenvalue weighted by Gasteiger charge is 2.34. The van der Waals surface area contributed by atoms with Crippen LogP contribution in [-0.4, -0.2) is 57.6 Å². The molecule has 8 heteroatoms. The third-order valence-electron chi connectivity index (χ3n) is 4.05. The second-order valence-corrected chi connectivity index (χ2v) is 5.62. The van der Waals surface area contributed by atoms with Gasteiger partial charge in [-0.1, -0.05) is 5.16 Å². The predicted molar refractivity (Wildman–Crippen MR) is 78.0 cm³/mol. The summed E-state index contributed by atoms with van der Waals surface area (Å²) in [5.41, 5.74) is 5.54. The van der Waals surface area contributed by atoms with E-state index in [1.807, 2.05) is 18.7 Å². The minimum atomic E-state index is -0.541. The van der Waals surface area contributed by atoms with Gasteiger partial charge in [0, 0.05) is 26.2 Å². The van der Waals surface area contributed by atoms with E-state index in [1.54, 1.807) is 6.92 Å². The molecule has 2 heterocycles. The lowest BCUT2D eigenvalue weighted by Gasteiger charge is -2.43. The van der Waals surface area contributed by atoms with Gasteiger partial charge in [-0.3, -0.25) is 4.90 Å². The highest BCUT2D eigenvalue weighted by molar-refractivity contribution is 5.88. The third-order valence-corrected chi connectivity index (χ3v) is 4.05. The number of hydrogen-bond donors (Lipinski definition) is 2. The van der Waals surface area contributed by atoms with Crippen LogP contribution < -0.4 is 10.6 Å². The van der Waals surface area contributed by atoms with Gasteiger partial charge in [-0.05, 0) is 20.8 Å². The van der Waals surface area contributed by atoms with Crippen LogP contribution in [0.4, 0.5) is 10.2 Å². The SMILES string of the molecule is Cc1ncnc(N2CCN(C(C)(C)C(N)=NO)CC2)c1F. The van der Waals surface area contributed by atoms with Gasteiger partial charge in [0.25, 0.3) is 0 Å². The van der Waals surface area contributed by atoms with Crippen LogP contribution in [0.15, 0.2) is 11.5 Å². The summed E-state index contributed by atoms with van der Waals surface area (Å²) in [4.78, 5) is 11.9. The van der Waals surface area contributed by atoms with Crippen molar-refractivity contribution in [2.75, 3.05) is 31.1 Å². The van der Waals surface area contributed by atoms with Crippen LogP contribution in [0.1, 0.15) is 19.5 Å². The summed E-state index contributed by atoms with van der Waals surface area (Å²) in [5.74, 6) is 0.130. The van der Waals surface area contributed by atoms with Crippen molar-refractivity contribution in [1.29, 1.82) is 0 Å². The van der Waals surface area contributed by atoms with Gasteiger partial charge in [-0.2, -0.15) is 0 Å². The third kappa shape index (κ3) is 2.90. The highest BCUT2D eigenvalue weighted by Crippen LogP contribution is 2.22. The molecular weight excluding hydrogens is 275 g/mol. The Labute approximate surface area is 123 Å². The van der Waals surface area contributed by atoms with Crippen LogP contribution in [0, 0.1) is 12.7 Å². The molecule has 0 atom stereocenters. The normalized spacial score (nSPS) is 18.1. The second kappa shape index (κ2) is 5.80.